The average Bonchev–Trinajstić information content (AvgIpc) is 0.758. The summed E-state index contributed by atoms with van der Waals surface area (Å²) >= 11 is 0. The minimum atomic E-state index is 1.25. The molecule has 0 aromatic heterocycles. The molecule has 0 spiro atoms. The second kappa shape index (κ2) is 77.4. The molecule has 20 rings (SSSR count). The summed E-state index contributed by atoms with van der Waals surface area (Å²) in [4.78, 5) is 0. The lowest BCUT2D eigenvalue weighted by Gasteiger charge is -2.15. The maximum absolute atomic E-state index is 2.30. The van der Waals surface area contributed by atoms with E-state index < -0.39 is 0 Å². The number of hydrogen-bond donors (Lipinski definition) is 0. The highest BCUT2D eigenvalue weighted by atomic mass is 14.2. The fourth-order valence-electron chi connectivity index (χ4n) is 15.3. The van der Waals surface area contributed by atoms with Gasteiger partial charge in [-0.3, -0.25) is 0 Å². The summed E-state index contributed by atoms with van der Waals surface area (Å²) in [5, 5.41) is 20.6. The van der Waals surface area contributed by atoms with Crippen LogP contribution in [-0.2, 0) is 0 Å². The fraction of sp³-hybridized carbons (Fsp3) is 0.257. The molecule has 0 unspecified atom stereocenters. The van der Waals surface area contributed by atoms with Gasteiger partial charge < -0.3 is 0 Å². The molecule has 20 aromatic carbocycles. The van der Waals surface area contributed by atoms with Crippen LogP contribution in [0.1, 0.15) is 247 Å². The van der Waals surface area contributed by atoms with Gasteiger partial charge in [0, 0.05) is 0 Å². The first-order valence-corrected chi connectivity index (χ1v) is 53.5. The standard InChI is InChI=1S/2C30H20.2C22H16.4C3H8.12C2H6/c1-3-13-23-21(9-1)11-7-17-25(23)29-19-20-30(28-16-6-5-15-27(28)29)26-18-8-12-22-10-2-4-14-24(22)26;1-3-9-23-19-25(15-13-21(23)7-1)27-17-18-28(30-12-6-5-11-29(27)30)26-16-14-22-8-2-4-10-24(22)20-26;1-3-9-17(10-4-1)19-13-7-16-22-20(14-8-15-21(19)22)18-11-5-2-6-12-18;1-3-9-17(10-4-1)19-15-16-20(18-11-5-2-6-12-18)22-14-8-7-13-21(19)22;4*1-3-2;12*1-2/h2*1-20H;2*1-16H;4*3H2,1-2H3;12*1-2H3. The molecule has 0 N–H and O–H groups in total. The topological polar surface area (TPSA) is 0 Å². The molecule has 0 bridgehead atoms. The highest BCUT2D eigenvalue weighted by Gasteiger charge is 2.16. The second-order valence-corrected chi connectivity index (χ2v) is 29.3. The van der Waals surface area contributed by atoms with Gasteiger partial charge in [-0.1, -0.05) is 672 Å². The van der Waals surface area contributed by atoms with Gasteiger partial charge in [-0.25, -0.2) is 0 Å². The predicted molar refractivity (Wildman–Crippen MR) is 649 cm³/mol. The van der Waals surface area contributed by atoms with Crippen LogP contribution in [0.3, 0.4) is 0 Å². The summed E-state index contributed by atoms with van der Waals surface area (Å²) < 4.78 is 0. The van der Waals surface area contributed by atoms with E-state index in [2.05, 4.69) is 492 Å². The molecule has 0 atom stereocenters. The molecule has 0 heteroatoms. The van der Waals surface area contributed by atoms with E-state index in [-0.39, 0.29) is 0 Å². The fourth-order valence-corrected chi connectivity index (χ4v) is 15.3. The summed E-state index contributed by atoms with van der Waals surface area (Å²) in [6.07, 6.45) is 5.00. The third-order valence-corrected chi connectivity index (χ3v) is 20.3. The third-order valence-electron chi connectivity index (χ3n) is 20.3. The SMILES string of the molecule is CC.CC.CC.CC.CC.CC.CC.CC.CC.CC.CC.CC.CCC.CCC.CCC.CCC.c1ccc(-c2ccc(-c3ccccc3)c3ccccc23)cc1.c1ccc(-c2cccc3c(-c4ccccc4)cccc23)cc1.c1ccc2c(-c3ccc(-c4cccc5ccccc45)c4ccccc34)cccc2c1.c1ccc2cc(-c3ccc(-c4ccc5ccccc5c4)c4ccccc34)ccc2c1. The molecule has 0 fully saturated rings. The maximum atomic E-state index is 2.30. The Labute approximate surface area is 853 Å². The van der Waals surface area contributed by atoms with Crippen molar-refractivity contribution in [2.45, 2.75) is 247 Å². The Bertz CT molecular complexity index is 6010. The molecule has 0 nitrogen and oxygen atoms in total. The Hall–Kier alpha value is -13.5. The van der Waals surface area contributed by atoms with Gasteiger partial charge in [-0.15, -0.1) is 0 Å². The van der Waals surface area contributed by atoms with Crippen molar-refractivity contribution in [2.24, 2.45) is 0 Å². The normalized spacial score (nSPS) is 9.26. The molecule has 0 saturated carbocycles. The lowest BCUT2D eigenvalue weighted by Crippen LogP contribution is -1.88. The largest absolute Gasteiger partial charge is 0.0683 e. The highest BCUT2D eigenvalue weighted by molar-refractivity contribution is 6.13. The first kappa shape index (κ1) is 124. The number of benzene rings is 20. The van der Waals surface area contributed by atoms with Crippen molar-refractivity contribution in [3.05, 3.63) is 437 Å². The van der Waals surface area contributed by atoms with E-state index in [0.717, 1.165) is 0 Å². The Balaban J connectivity index is 0.000000844. The van der Waals surface area contributed by atoms with Gasteiger partial charge >= 0.3 is 0 Å². The molecule has 0 amide bonds. The summed E-state index contributed by atoms with van der Waals surface area (Å²) in [6.45, 7) is 65.0. The molecular formula is C140H176. The van der Waals surface area contributed by atoms with Crippen molar-refractivity contribution in [1.29, 1.82) is 0 Å². The first-order chi connectivity index (χ1) is 69.3. The highest BCUT2D eigenvalue weighted by Crippen LogP contribution is 2.43. The van der Waals surface area contributed by atoms with Gasteiger partial charge in [0.2, 0.25) is 0 Å². The zero-order valence-corrected chi connectivity index (χ0v) is 92.4. The monoisotopic (exact) mass is 1860 g/mol. The minimum absolute atomic E-state index is 1.25. The van der Waals surface area contributed by atoms with E-state index in [4.69, 9.17) is 0 Å². The van der Waals surface area contributed by atoms with Crippen LogP contribution in [0.5, 0.6) is 0 Å². The molecule has 0 heterocycles. The summed E-state index contributed by atoms with van der Waals surface area (Å²) in [6, 6.07) is 156. The van der Waals surface area contributed by atoms with Crippen LogP contribution in [0.4, 0.5) is 0 Å². The van der Waals surface area contributed by atoms with Crippen LogP contribution in [0.2, 0.25) is 0 Å². The van der Waals surface area contributed by atoms with Crippen molar-refractivity contribution in [3.63, 3.8) is 0 Å². The zero-order valence-electron chi connectivity index (χ0n) is 92.4. The van der Waals surface area contributed by atoms with Crippen LogP contribution in [-0.4, -0.2) is 0 Å². The summed E-state index contributed by atoms with van der Waals surface area (Å²) in [7, 11) is 0. The number of hydrogen-bond acceptors (Lipinski definition) is 0. The van der Waals surface area contributed by atoms with E-state index in [0.29, 0.717) is 0 Å². The quantitative estimate of drug-likeness (QED) is 0.142. The van der Waals surface area contributed by atoms with E-state index in [1.54, 1.807) is 0 Å². The van der Waals surface area contributed by atoms with Crippen molar-refractivity contribution < 1.29 is 0 Å². The second-order valence-electron chi connectivity index (χ2n) is 29.3. The Kier molecular flexibility index (Phi) is 68.8. The van der Waals surface area contributed by atoms with E-state index >= 15 is 0 Å². The van der Waals surface area contributed by atoms with Gasteiger partial charge in [0.1, 0.15) is 0 Å². The molecule has 140 heavy (non-hydrogen) atoms. The molecule has 0 aliphatic rings. The zero-order chi connectivity index (χ0) is 104. The van der Waals surface area contributed by atoms with Gasteiger partial charge in [0.25, 0.3) is 0 Å². The van der Waals surface area contributed by atoms with E-state index in [9.17, 15) is 0 Å². The number of rotatable bonds is 8. The van der Waals surface area contributed by atoms with Crippen LogP contribution >= 0.6 is 0 Å². The first-order valence-electron chi connectivity index (χ1n) is 53.5. The van der Waals surface area contributed by atoms with Crippen molar-refractivity contribution >= 4 is 86.2 Å². The van der Waals surface area contributed by atoms with Crippen molar-refractivity contribution in [1.82, 2.24) is 0 Å². The van der Waals surface area contributed by atoms with E-state index in [1.165, 1.54) is 201 Å². The smallest absolute Gasteiger partial charge is 0.00987 e. The molecule has 20 aromatic rings. The van der Waals surface area contributed by atoms with Gasteiger partial charge in [-0.2, -0.15) is 0 Å². The van der Waals surface area contributed by atoms with Crippen LogP contribution in [0, 0.1) is 0 Å². The van der Waals surface area contributed by atoms with Crippen molar-refractivity contribution in [2.75, 3.05) is 0 Å². The third kappa shape index (κ3) is 36.4. The van der Waals surface area contributed by atoms with Crippen LogP contribution < -0.4 is 0 Å². The summed E-state index contributed by atoms with van der Waals surface area (Å²) in [5.74, 6) is 0. The van der Waals surface area contributed by atoms with Gasteiger partial charge in [-0.05, 0) is 187 Å². The molecule has 0 saturated heterocycles. The van der Waals surface area contributed by atoms with Crippen molar-refractivity contribution in [3.8, 4) is 89.0 Å². The minimum Gasteiger partial charge on any atom is -0.0683 e. The maximum Gasteiger partial charge on any atom is -0.00987 e. The average molecular weight is 1860 g/mol. The Morgan fingerprint density at radius 2 is 0.243 bits per heavy atom. The Morgan fingerprint density at radius 1 is 0.100 bits per heavy atom. The molecule has 736 valence electrons. The molecule has 0 aliphatic carbocycles. The molecule has 0 aliphatic heterocycles. The van der Waals surface area contributed by atoms with Gasteiger partial charge in [0.05, 0.1) is 0 Å². The lowest BCUT2D eigenvalue weighted by atomic mass is 9.89. The lowest BCUT2D eigenvalue weighted by molar-refractivity contribution is 1.09. The Morgan fingerprint density at radius 3 is 0.486 bits per heavy atom. The number of fused-ring (bicyclic) bond motifs is 8. The molecule has 0 radical (unpaired) electrons. The van der Waals surface area contributed by atoms with E-state index in [1.807, 2.05) is 166 Å². The molecular weight excluding hydrogens is 1680 g/mol. The van der Waals surface area contributed by atoms with Crippen LogP contribution in [0.15, 0.2) is 437 Å². The van der Waals surface area contributed by atoms with Gasteiger partial charge in [0.15, 0.2) is 0 Å². The predicted octanol–water partition coefficient (Wildman–Crippen LogP) is 47.3. The van der Waals surface area contributed by atoms with Crippen LogP contribution in [0.25, 0.3) is 175 Å². The summed E-state index contributed by atoms with van der Waals surface area (Å²) in [5.41, 5.74) is 20.4.